The molecule has 1 aromatic carbocycles. The van der Waals surface area contributed by atoms with Gasteiger partial charge in [0.1, 0.15) is 0 Å². The maximum absolute atomic E-state index is 3.44. The van der Waals surface area contributed by atoms with Crippen molar-refractivity contribution in [3.8, 4) is 0 Å². The lowest BCUT2D eigenvalue weighted by Crippen LogP contribution is -2.32. The first-order chi connectivity index (χ1) is 9.08. The maximum atomic E-state index is 3.44. The van der Waals surface area contributed by atoms with Gasteiger partial charge in [0.25, 0.3) is 0 Å². The predicted octanol–water partition coefficient (Wildman–Crippen LogP) is 3.77. The third-order valence-corrected chi connectivity index (χ3v) is 4.06. The number of nitrogens with zero attached hydrogens (tertiary/aromatic N) is 1. The maximum Gasteiger partial charge on any atom is 0.0329 e. The molecule has 0 aliphatic rings. The van der Waals surface area contributed by atoms with Gasteiger partial charge < -0.3 is 10.2 Å². The molecule has 2 nitrogen and oxygen atoms in total. The smallest absolute Gasteiger partial charge is 0.0329 e. The summed E-state index contributed by atoms with van der Waals surface area (Å²) < 4.78 is 0. The number of benzene rings is 1. The first-order valence-corrected chi connectivity index (χ1v) is 7.52. The monoisotopic (exact) mass is 262 g/mol. The average molecular weight is 262 g/mol. The first kappa shape index (κ1) is 16.2. The van der Waals surface area contributed by atoms with Gasteiger partial charge in [-0.25, -0.2) is 0 Å². The molecule has 1 aromatic rings. The van der Waals surface area contributed by atoms with Gasteiger partial charge >= 0.3 is 0 Å². The van der Waals surface area contributed by atoms with E-state index in [0.717, 1.165) is 13.0 Å². The Hall–Kier alpha value is -0.860. The van der Waals surface area contributed by atoms with Gasteiger partial charge in [-0.3, -0.25) is 0 Å². The van der Waals surface area contributed by atoms with Crippen LogP contribution in [0.3, 0.4) is 0 Å². The summed E-state index contributed by atoms with van der Waals surface area (Å²) in [5.74, 6) is 0. The molecule has 108 valence electrons. The molecule has 2 atom stereocenters. The first-order valence-electron chi connectivity index (χ1n) is 7.52. The Bertz CT molecular complexity index is 345. The van der Waals surface area contributed by atoms with Gasteiger partial charge in [0, 0.05) is 12.1 Å². The SMILES string of the molecule is CCCC(C)N(C)CCC(NC)c1ccc(C)cc1. The Labute approximate surface area is 119 Å². The lowest BCUT2D eigenvalue weighted by Gasteiger charge is -2.26. The van der Waals surface area contributed by atoms with Crippen molar-refractivity contribution in [3.05, 3.63) is 35.4 Å². The number of nitrogens with one attached hydrogen (secondary N) is 1. The molecule has 0 saturated carbocycles. The van der Waals surface area contributed by atoms with E-state index in [0.29, 0.717) is 12.1 Å². The summed E-state index contributed by atoms with van der Waals surface area (Å²) in [6.45, 7) is 7.86. The molecule has 0 aliphatic carbocycles. The molecule has 2 heteroatoms. The van der Waals surface area contributed by atoms with E-state index in [2.05, 4.69) is 69.3 Å². The van der Waals surface area contributed by atoms with Crippen LogP contribution in [0.15, 0.2) is 24.3 Å². The van der Waals surface area contributed by atoms with E-state index in [1.54, 1.807) is 0 Å². The summed E-state index contributed by atoms with van der Waals surface area (Å²) in [5.41, 5.74) is 2.72. The highest BCUT2D eigenvalue weighted by Gasteiger charge is 2.13. The molecular weight excluding hydrogens is 232 g/mol. The average Bonchev–Trinajstić information content (AvgIpc) is 2.41. The fraction of sp³-hybridized carbons (Fsp3) is 0.647. The molecule has 0 fully saturated rings. The number of hydrogen-bond donors (Lipinski definition) is 1. The molecule has 0 aliphatic heterocycles. The van der Waals surface area contributed by atoms with Crippen LogP contribution in [0.2, 0.25) is 0 Å². The van der Waals surface area contributed by atoms with Crippen LogP contribution in [0.1, 0.15) is 50.3 Å². The highest BCUT2D eigenvalue weighted by Crippen LogP contribution is 2.18. The van der Waals surface area contributed by atoms with Gasteiger partial charge in [-0.1, -0.05) is 43.2 Å². The summed E-state index contributed by atoms with van der Waals surface area (Å²) in [6.07, 6.45) is 3.70. The fourth-order valence-electron chi connectivity index (χ4n) is 2.47. The van der Waals surface area contributed by atoms with Crippen molar-refractivity contribution in [1.82, 2.24) is 10.2 Å². The molecule has 2 unspecified atom stereocenters. The van der Waals surface area contributed by atoms with Gasteiger partial charge in [-0.2, -0.15) is 0 Å². The second kappa shape index (κ2) is 8.34. The Kier molecular flexibility index (Phi) is 7.11. The lowest BCUT2D eigenvalue weighted by molar-refractivity contribution is 0.232. The molecule has 0 aromatic heterocycles. The third kappa shape index (κ3) is 5.33. The molecule has 0 bridgehead atoms. The van der Waals surface area contributed by atoms with Crippen molar-refractivity contribution >= 4 is 0 Å². The summed E-state index contributed by atoms with van der Waals surface area (Å²) >= 11 is 0. The van der Waals surface area contributed by atoms with Crippen LogP contribution >= 0.6 is 0 Å². The highest BCUT2D eigenvalue weighted by molar-refractivity contribution is 5.24. The van der Waals surface area contributed by atoms with Gasteiger partial charge in [0.05, 0.1) is 0 Å². The van der Waals surface area contributed by atoms with Crippen LogP contribution in [0.4, 0.5) is 0 Å². The Balaban J connectivity index is 2.51. The van der Waals surface area contributed by atoms with E-state index in [4.69, 9.17) is 0 Å². The molecule has 19 heavy (non-hydrogen) atoms. The summed E-state index contributed by atoms with van der Waals surface area (Å²) in [5, 5.41) is 3.44. The Morgan fingerprint density at radius 1 is 1.16 bits per heavy atom. The third-order valence-electron chi connectivity index (χ3n) is 4.06. The largest absolute Gasteiger partial charge is 0.313 e. The molecule has 0 saturated heterocycles. The van der Waals surface area contributed by atoms with Crippen LogP contribution in [0, 0.1) is 6.92 Å². The van der Waals surface area contributed by atoms with E-state index >= 15 is 0 Å². The highest BCUT2D eigenvalue weighted by atomic mass is 15.1. The minimum atomic E-state index is 0.455. The van der Waals surface area contributed by atoms with Crippen molar-refractivity contribution in [2.24, 2.45) is 0 Å². The molecule has 0 heterocycles. The van der Waals surface area contributed by atoms with Gasteiger partial charge in [0.2, 0.25) is 0 Å². The molecule has 0 radical (unpaired) electrons. The van der Waals surface area contributed by atoms with Crippen molar-refractivity contribution in [1.29, 1.82) is 0 Å². The van der Waals surface area contributed by atoms with Crippen LogP contribution in [0.5, 0.6) is 0 Å². The van der Waals surface area contributed by atoms with Gasteiger partial charge in [-0.15, -0.1) is 0 Å². The van der Waals surface area contributed by atoms with E-state index in [1.807, 2.05) is 0 Å². The molecular formula is C17H30N2. The second-order valence-corrected chi connectivity index (χ2v) is 5.66. The lowest BCUT2D eigenvalue weighted by atomic mass is 10.0. The minimum absolute atomic E-state index is 0.455. The van der Waals surface area contributed by atoms with Crippen molar-refractivity contribution in [2.45, 2.75) is 52.1 Å². The zero-order valence-corrected chi connectivity index (χ0v) is 13.2. The van der Waals surface area contributed by atoms with E-state index < -0.39 is 0 Å². The van der Waals surface area contributed by atoms with Crippen LogP contribution in [-0.2, 0) is 0 Å². The standard InChI is InChI=1S/C17H30N2/c1-6-7-15(3)19(5)13-12-17(18-4)16-10-8-14(2)9-11-16/h8-11,15,17-18H,6-7,12-13H2,1-5H3. The number of aryl methyl sites for hydroxylation is 1. The Morgan fingerprint density at radius 2 is 1.79 bits per heavy atom. The number of rotatable bonds is 8. The van der Waals surface area contributed by atoms with E-state index in [9.17, 15) is 0 Å². The van der Waals surface area contributed by atoms with Crippen molar-refractivity contribution in [2.75, 3.05) is 20.6 Å². The van der Waals surface area contributed by atoms with Crippen LogP contribution < -0.4 is 5.32 Å². The topological polar surface area (TPSA) is 15.3 Å². The summed E-state index contributed by atoms with van der Waals surface area (Å²) in [6, 6.07) is 10.0. The Morgan fingerprint density at radius 3 is 2.32 bits per heavy atom. The molecule has 1 N–H and O–H groups in total. The molecule has 0 amide bonds. The zero-order chi connectivity index (χ0) is 14.3. The molecule has 0 spiro atoms. The molecule has 1 rings (SSSR count). The predicted molar refractivity (Wildman–Crippen MR) is 84.6 cm³/mol. The van der Waals surface area contributed by atoms with Gasteiger partial charge in [-0.05, 0) is 52.9 Å². The van der Waals surface area contributed by atoms with E-state index in [1.165, 1.54) is 24.0 Å². The minimum Gasteiger partial charge on any atom is -0.313 e. The summed E-state index contributed by atoms with van der Waals surface area (Å²) in [4.78, 5) is 2.47. The second-order valence-electron chi connectivity index (χ2n) is 5.66. The fourth-order valence-corrected chi connectivity index (χ4v) is 2.47. The van der Waals surface area contributed by atoms with Crippen molar-refractivity contribution < 1.29 is 0 Å². The van der Waals surface area contributed by atoms with E-state index in [-0.39, 0.29) is 0 Å². The van der Waals surface area contributed by atoms with Gasteiger partial charge in [0.15, 0.2) is 0 Å². The van der Waals surface area contributed by atoms with Crippen LogP contribution in [-0.4, -0.2) is 31.6 Å². The quantitative estimate of drug-likeness (QED) is 0.767. The van der Waals surface area contributed by atoms with Crippen LogP contribution in [0.25, 0.3) is 0 Å². The normalized spacial score (nSPS) is 14.6. The summed E-state index contributed by atoms with van der Waals surface area (Å²) in [7, 11) is 4.29. The number of hydrogen-bond acceptors (Lipinski definition) is 2. The zero-order valence-electron chi connectivity index (χ0n) is 13.2. The van der Waals surface area contributed by atoms with Crippen molar-refractivity contribution in [3.63, 3.8) is 0 Å².